The molecule has 0 spiro atoms. The van der Waals surface area contributed by atoms with E-state index in [4.69, 9.17) is 0 Å². The molecule has 0 radical (unpaired) electrons. The van der Waals surface area contributed by atoms with Crippen molar-refractivity contribution in [2.45, 2.75) is 6.54 Å². The molecule has 1 amide bonds. The molecule has 0 aliphatic rings. The molecule has 58 valence electrons. The third kappa shape index (κ3) is 2.82. The lowest BCUT2D eigenvalue weighted by Gasteiger charge is -2.00. The molecule has 0 unspecified atom stereocenters. The maximum atomic E-state index is 9.82. The van der Waals surface area contributed by atoms with Crippen molar-refractivity contribution in [2.75, 3.05) is 0 Å². The zero-order chi connectivity index (χ0) is 7.94. The summed E-state index contributed by atoms with van der Waals surface area (Å²) in [6, 6.07) is 9.84. The summed E-state index contributed by atoms with van der Waals surface area (Å²) < 4.78 is 0. The molecular weight excluding hydrogens is 140 g/mol. The van der Waals surface area contributed by atoms with Crippen molar-refractivity contribution in [3.05, 3.63) is 35.9 Å². The highest BCUT2D eigenvalue weighted by Gasteiger charge is 1.86. The fourth-order valence-electron chi connectivity index (χ4n) is 0.791. The number of hydrogen-bond acceptors (Lipinski definition) is 2. The number of benzene rings is 1. The molecule has 2 N–H and O–H groups in total. The Morgan fingerprint density at radius 1 is 1.27 bits per heavy atom. The van der Waals surface area contributed by atoms with Gasteiger partial charge in [0.25, 0.3) is 0 Å². The van der Waals surface area contributed by atoms with Gasteiger partial charge in [0.15, 0.2) is 0 Å². The standard InChI is InChI=1S/C8H10N2O/c11-7-10-9-6-8-4-2-1-3-5-8/h1-5,7,9H,6H2,(H,10,11). The van der Waals surface area contributed by atoms with Crippen LogP contribution in [0, 0.1) is 0 Å². The third-order valence-corrected chi connectivity index (χ3v) is 1.30. The number of carbonyl (C=O) groups is 1. The second-order valence-corrected chi connectivity index (χ2v) is 2.10. The third-order valence-electron chi connectivity index (χ3n) is 1.30. The molecular formula is C8H10N2O. The fraction of sp³-hybridized carbons (Fsp3) is 0.125. The molecule has 3 heteroatoms. The van der Waals surface area contributed by atoms with Gasteiger partial charge in [-0.25, -0.2) is 5.43 Å². The minimum atomic E-state index is 0.614. The Hall–Kier alpha value is -1.35. The number of amides is 1. The Bertz CT molecular complexity index is 211. The van der Waals surface area contributed by atoms with E-state index < -0.39 is 0 Å². The van der Waals surface area contributed by atoms with Crippen molar-refractivity contribution in [1.82, 2.24) is 10.9 Å². The van der Waals surface area contributed by atoms with E-state index in [1.165, 1.54) is 0 Å². The maximum Gasteiger partial charge on any atom is 0.221 e. The van der Waals surface area contributed by atoms with Crippen LogP contribution in [0.15, 0.2) is 30.3 Å². The largest absolute Gasteiger partial charge is 0.294 e. The van der Waals surface area contributed by atoms with Crippen LogP contribution < -0.4 is 10.9 Å². The minimum Gasteiger partial charge on any atom is -0.294 e. The molecule has 0 heterocycles. The van der Waals surface area contributed by atoms with Gasteiger partial charge in [-0.15, -0.1) is 0 Å². The molecule has 11 heavy (non-hydrogen) atoms. The highest BCUT2D eigenvalue weighted by molar-refractivity contribution is 5.44. The Morgan fingerprint density at radius 2 is 2.00 bits per heavy atom. The zero-order valence-corrected chi connectivity index (χ0v) is 6.08. The summed E-state index contributed by atoms with van der Waals surface area (Å²) >= 11 is 0. The zero-order valence-electron chi connectivity index (χ0n) is 6.08. The van der Waals surface area contributed by atoms with Crippen LogP contribution in [0.4, 0.5) is 0 Å². The molecule has 0 bridgehead atoms. The number of hydrogen-bond donors (Lipinski definition) is 2. The van der Waals surface area contributed by atoms with Crippen molar-refractivity contribution >= 4 is 6.41 Å². The highest BCUT2D eigenvalue weighted by atomic mass is 16.1. The summed E-state index contributed by atoms with van der Waals surface area (Å²) in [7, 11) is 0. The highest BCUT2D eigenvalue weighted by Crippen LogP contribution is 1.95. The monoisotopic (exact) mass is 150 g/mol. The quantitative estimate of drug-likeness (QED) is 0.371. The summed E-state index contributed by atoms with van der Waals surface area (Å²) in [6.07, 6.45) is 0.614. The molecule has 0 saturated carbocycles. The van der Waals surface area contributed by atoms with Crippen molar-refractivity contribution in [1.29, 1.82) is 0 Å². The van der Waals surface area contributed by atoms with E-state index in [1.807, 2.05) is 30.3 Å². The van der Waals surface area contributed by atoms with Gasteiger partial charge < -0.3 is 0 Å². The Kier molecular flexibility index (Phi) is 3.15. The summed E-state index contributed by atoms with van der Waals surface area (Å²) in [6.45, 7) is 0.652. The van der Waals surface area contributed by atoms with Gasteiger partial charge in [0.1, 0.15) is 0 Å². The SMILES string of the molecule is O=CNNCc1ccccc1. The van der Waals surface area contributed by atoms with Gasteiger partial charge in [0.2, 0.25) is 6.41 Å². The van der Waals surface area contributed by atoms with Crippen LogP contribution in [0.5, 0.6) is 0 Å². The molecule has 1 aromatic carbocycles. The molecule has 0 saturated heterocycles. The molecule has 0 aliphatic carbocycles. The maximum absolute atomic E-state index is 9.82. The van der Waals surface area contributed by atoms with Crippen LogP contribution >= 0.6 is 0 Å². The van der Waals surface area contributed by atoms with Crippen molar-refractivity contribution in [3.8, 4) is 0 Å². The first-order valence-corrected chi connectivity index (χ1v) is 3.39. The number of hydrazine groups is 1. The van der Waals surface area contributed by atoms with Crippen LogP contribution in [-0.2, 0) is 11.3 Å². The summed E-state index contributed by atoms with van der Waals surface area (Å²) in [5.41, 5.74) is 6.24. The number of nitrogens with one attached hydrogen (secondary N) is 2. The second kappa shape index (κ2) is 4.46. The second-order valence-electron chi connectivity index (χ2n) is 2.10. The van der Waals surface area contributed by atoms with Gasteiger partial charge in [0.05, 0.1) is 0 Å². The smallest absolute Gasteiger partial charge is 0.221 e. The van der Waals surface area contributed by atoms with E-state index in [9.17, 15) is 4.79 Å². The topological polar surface area (TPSA) is 41.1 Å². The number of carbonyl (C=O) groups excluding carboxylic acids is 1. The van der Waals surface area contributed by atoms with Gasteiger partial charge in [-0.1, -0.05) is 30.3 Å². The van der Waals surface area contributed by atoms with E-state index >= 15 is 0 Å². The summed E-state index contributed by atoms with van der Waals surface area (Å²) in [5, 5.41) is 0. The van der Waals surface area contributed by atoms with Gasteiger partial charge in [-0.2, -0.15) is 0 Å². The first-order valence-electron chi connectivity index (χ1n) is 3.39. The van der Waals surface area contributed by atoms with Crippen LogP contribution in [0.3, 0.4) is 0 Å². The lowest BCUT2D eigenvalue weighted by Crippen LogP contribution is -2.29. The van der Waals surface area contributed by atoms with Gasteiger partial charge >= 0.3 is 0 Å². The lowest BCUT2D eigenvalue weighted by molar-refractivity contribution is -0.110. The van der Waals surface area contributed by atoms with Gasteiger partial charge in [-0.3, -0.25) is 10.2 Å². The van der Waals surface area contributed by atoms with Gasteiger partial charge in [-0.05, 0) is 5.56 Å². The average molecular weight is 150 g/mol. The van der Waals surface area contributed by atoms with Crippen molar-refractivity contribution in [3.63, 3.8) is 0 Å². The normalized spacial score (nSPS) is 9.09. The molecule has 0 fully saturated rings. The van der Waals surface area contributed by atoms with Crippen LogP contribution in [0.25, 0.3) is 0 Å². The summed E-state index contributed by atoms with van der Waals surface area (Å²) in [5.74, 6) is 0. The molecule has 3 nitrogen and oxygen atoms in total. The Labute approximate surface area is 65.4 Å². The van der Waals surface area contributed by atoms with E-state index in [0.717, 1.165) is 5.56 Å². The van der Waals surface area contributed by atoms with E-state index in [2.05, 4.69) is 10.9 Å². The molecule has 0 atom stereocenters. The molecule has 1 aromatic rings. The molecule has 0 aliphatic heterocycles. The minimum absolute atomic E-state index is 0.614. The molecule has 1 rings (SSSR count). The van der Waals surface area contributed by atoms with E-state index in [1.54, 1.807) is 0 Å². The summed E-state index contributed by atoms with van der Waals surface area (Å²) in [4.78, 5) is 9.82. The predicted octanol–water partition coefficient (Wildman–Crippen LogP) is 0.437. The number of rotatable bonds is 4. The van der Waals surface area contributed by atoms with Gasteiger partial charge in [0, 0.05) is 6.54 Å². The first-order chi connectivity index (χ1) is 5.43. The Morgan fingerprint density at radius 3 is 2.64 bits per heavy atom. The van der Waals surface area contributed by atoms with Crippen molar-refractivity contribution < 1.29 is 4.79 Å². The van der Waals surface area contributed by atoms with Crippen molar-refractivity contribution in [2.24, 2.45) is 0 Å². The Balaban J connectivity index is 2.33. The lowest BCUT2D eigenvalue weighted by atomic mass is 10.2. The van der Waals surface area contributed by atoms with Crippen LogP contribution in [-0.4, -0.2) is 6.41 Å². The fourth-order valence-corrected chi connectivity index (χ4v) is 0.791. The predicted molar refractivity (Wildman–Crippen MR) is 42.5 cm³/mol. The average Bonchev–Trinajstić information content (AvgIpc) is 2.07. The first kappa shape index (κ1) is 7.75. The van der Waals surface area contributed by atoms with E-state index in [-0.39, 0.29) is 0 Å². The van der Waals surface area contributed by atoms with Crippen LogP contribution in [0.2, 0.25) is 0 Å². The molecule has 0 aromatic heterocycles. The van der Waals surface area contributed by atoms with E-state index in [0.29, 0.717) is 13.0 Å². The van der Waals surface area contributed by atoms with Crippen LogP contribution in [0.1, 0.15) is 5.56 Å².